The third-order valence-electron chi connectivity index (χ3n) is 7.42. The summed E-state index contributed by atoms with van der Waals surface area (Å²) >= 11 is 0. The van der Waals surface area contributed by atoms with Crippen LogP contribution < -0.4 is 0 Å². The van der Waals surface area contributed by atoms with E-state index in [0.717, 1.165) is 45.5 Å². The maximum Gasteiger partial charge on any atom is 0.149 e. The number of nitrogens with zero attached hydrogens (tertiary/aromatic N) is 3. The Balaban J connectivity index is 1.39. The molecule has 1 N–H and O–H groups in total. The molecule has 196 valence electrons. The highest BCUT2D eigenvalue weighted by atomic mass is 16.3. The Bertz CT molecular complexity index is 1980. The van der Waals surface area contributed by atoms with E-state index in [4.69, 9.17) is 9.97 Å². The van der Waals surface area contributed by atoms with Gasteiger partial charge in [-0.05, 0) is 65.6 Å². The molecule has 41 heavy (non-hydrogen) atoms. The molecule has 0 fully saturated rings. The van der Waals surface area contributed by atoms with Crippen molar-refractivity contribution in [2.75, 3.05) is 0 Å². The Morgan fingerprint density at radius 1 is 0.610 bits per heavy atom. The summed E-state index contributed by atoms with van der Waals surface area (Å²) in [7, 11) is 0. The molecule has 7 aromatic rings. The summed E-state index contributed by atoms with van der Waals surface area (Å²) in [5, 5.41) is 10.8. The fourth-order valence-corrected chi connectivity index (χ4v) is 5.51. The van der Waals surface area contributed by atoms with Gasteiger partial charge in [-0.25, -0.2) is 4.98 Å². The normalized spacial score (nSPS) is 11.1. The number of fused-ring (bicyclic) bond motifs is 1. The Hall–Kier alpha value is -5.48. The summed E-state index contributed by atoms with van der Waals surface area (Å²) in [6.07, 6.45) is 2.67. The van der Waals surface area contributed by atoms with Crippen molar-refractivity contribution in [3.63, 3.8) is 0 Å². The van der Waals surface area contributed by atoms with E-state index in [1.807, 2.05) is 54.7 Å². The van der Waals surface area contributed by atoms with Crippen LogP contribution in [0, 0.1) is 0 Å². The van der Waals surface area contributed by atoms with Crippen LogP contribution in [-0.4, -0.2) is 19.6 Å². The number of aromatic hydroxyl groups is 1. The van der Waals surface area contributed by atoms with Crippen LogP contribution in [0.4, 0.5) is 0 Å². The molecule has 0 bridgehead atoms. The highest BCUT2D eigenvalue weighted by Gasteiger charge is 2.19. The van der Waals surface area contributed by atoms with Crippen LogP contribution in [0.3, 0.4) is 0 Å². The molecular formula is C37H27N3O. The van der Waals surface area contributed by atoms with Gasteiger partial charge >= 0.3 is 0 Å². The first-order chi connectivity index (χ1) is 20.3. The van der Waals surface area contributed by atoms with E-state index in [0.29, 0.717) is 11.4 Å². The summed E-state index contributed by atoms with van der Waals surface area (Å²) < 4.78 is 2.12. The fourth-order valence-electron chi connectivity index (χ4n) is 5.51. The van der Waals surface area contributed by atoms with Gasteiger partial charge in [0.1, 0.15) is 11.6 Å². The van der Waals surface area contributed by atoms with Crippen molar-refractivity contribution in [2.24, 2.45) is 0 Å². The van der Waals surface area contributed by atoms with Crippen molar-refractivity contribution in [2.45, 2.75) is 6.42 Å². The van der Waals surface area contributed by atoms with Crippen LogP contribution >= 0.6 is 0 Å². The third-order valence-corrected chi connectivity index (χ3v) is 7.42. The monoisotopic (exact) mass is 529 g/mol. The molecule has 0 amide bonds. The first-order valence-corrected chi connectivity index (χ1v) is 13.7. The lowest BCUT2D eigenvalue weighted by Crippen LogP contribution is -1.97. The van der Waals surface area contributed by atoms with Gasteiger partial charge in [-0.15, -0.1) is 0 Å². The Labute approximate surface area is 238 Å². The fraction of sp³-hybridized carbons (Fsp3) is 0.0270. The van der Waals surface area contributed by atoms with Crippen molar-refractivity contribution in [3.05, 3.63) is 157 Å². The molecule has 0 aliphatic rings. The highest BCUT2D eigenvalue weighted by molar-refractivity contribution is 5.96. The van der Waals surface area contributed by atoms with Gasteiger partial charge in [-0.3, -0.25) is 9.55 Å². The van der Waals surface area contributed by atoms with E-state index in [-0.39, 0.29) is 5.75 Å². The van der Waals surface area contributed by atoms with Crippen molar-refractivity contribution in [1.29, 1.82) is 0 Å². The first kappa shape index (κ1) is 24.6. The summed E-state index contributed by atoms with van der Waals surface area (Å²) in [5.74, 6) is 0.896. The van der Waals surface area contributed by atoms with Crippen LogP contribution in [0.1, 0.15) is 11.1 Å². The number of hydrogen-bond acceptors (Lipinski definition) is 3. The molecule has 0 aliphatic heterocycles. The zero-order chi connectivity index (χ0) is 27.6. The Morgan fingerprint density at radius 2 is 1.32 bits per heavy atom. The lowest BCUT2D eigenvalue weighted by atomic mass is 9.96. The van der Waals surface area contributed by atoms with Crippen molar-refractivity contribution >= 4 is 11.0 Å². The number of phenols is 1. The number of aromatic nitrogens is 3. The minimum atomic E-state index is 0.199. The highest BCUT2D eigenvalue weighted by Crippen LogP contribution is 2.38. The van der Waals surface area contributed by atoms with Gasteiger partial charge in [0.15, 0.2) is 0 Å². The van der Waals surface area contributed by atoms with E-state index in [9.17, 15) is 5.11 Å². The van der Waals surface area contributed by atoms with Gasteiger partial charge in [-0.2, -0.15) is 0 Å². The van der Waals surface area contributed by atoms with Gasteiger partial charge in [0.25, 0.3) is 0 Å². The van der Waals surface area contributed by atoms with Crippen LogP contribution in [0.2, 0.25) is 0 Å². The predicted molar refractivity (Wildman–Crippen MR) is 166 cm³/mol. The van der Waals surface area contributed by atoms with E-state index in [1.165, 1.54) is 11.1 Å². The maximum atomic E-state index is 10.8. The van der Waals surface area contributed by atoms with Gasteiger partial charge in [0.2, 0.25) is 0 Å². The predicted octanol–water partition coefficient (Wildman–Crippen LogP) is 8.72. The standard InChI is InChI=1S/C37H27N3O/c41-34-22-8-7-19-32(34)37-39-36-31(20-10-21-33(36)40(37)30-17-5-2-6-18-30)27-14-9-15-29(25-27)35-28(16-11-23-38-35)24-26-12-3-1-4-13-26/h1-23,25,41H,24H2. The second-order valence-corrected chi connectivity index (χ2v) is 10.1. The Kier molecular flexibility index (Phi) is 6.34. The van der Waals surface area contributed by atoms with Gasteiger partial charge in [0, 0.05) is 23.0 Å². The van der Waals surface area contributed by atoms with Gasteiger partial charge < -0.3 is 5.11 Å². The summed E-state index contributed by atoms with van der Waals surface area (Å²) in [4.78, 5) is 9.96. The second kappa shape index (κ2) is 10.6. The summed E-state index contributed by atoms with van der Waals surface area (Å²) in [6.45, 7) is 0. The van der Waals surface area contributed by atoms with Gasteiger partial charge in [-0.1, -0.05) is 97.1 Å². The van der Waals surface area contributed by atoms with Crippen LogP contribution in [0.25, 0.3) is 50.5 Å². The molecule has 0 spiro atoms. The number of hydrogen-bond donors (Lipinski definition) is 1. The molecule has 4 heteroatoms. The molecule has 0 unspecified atom stereocenters. The average molecular weight is 530 g/mol. The van der Waals surface area contributed by atoms with Crippen LogP contribution in [0.5, 0.6) is 5.75 Å². The number of rotatable bonds is 6. The zero-order valence-electron chi connectivity index (χ0n) is 22.4. The molecule has 0 radical (unpaired) electrons. The number of phenolic OH excluding ortho intramolecular Hbond substituents is 1. The molecule has 2 heterocycles. The number of para-hydroxylation sites is 3. The number of imidazole rings is 1. The molecule has 5 aromatic carbocycles. The van der Waals surface area contributed by atoms with E-state index in [2.05, 4.69) is 89.5 Å². The molecule has 0 atom stereocenters. The van der Waals surface area contributed by atoms with Crippen molar-refractivity contribution in [3.8, 4) is 45.2 Å². The Morgan fingerprint density at radius 3 is 2.15 bits per heavy atom. The van der Waals surface area contributed by atoms with E-state index < -0.39 is 0 Å². The second-order valence-electron chi connectivity index (χ2n) is 10.1. The molecular weight excluding hydrogens is 502 g/mol. The largest absolute Gasteiger partial charge is 0.507 e. The molecule has 0 saturated heterocycles. The van der Waals surface area contributed by atoms with Crippen molar-refractivity contribution in [1.82, 2.24) is 14.5 Å². The maximum absolute atomic E-state index is 10.8. The lowest BCUT2D eigenvalue weighted by Gasteiger charge is -2.11. The third kappa shape index (κ3) is 4.66. The van der Waals surface area contributed by atoms with Crippen LogP contribution in [-0.2, 0) is 6.42 Å². The summed E-state index contributed by atoms with van der Waals surface area (Å²) in [6, 6.07) is 47.0. The molecule has 0 saturated carbocycles. The number of benzene rings is 5. The quantitative estimate of drug-likeness (QED) is 0.234. The SMILES string of the molecule is Oc1ccccc1-c1nc2c(-c3cccc(-c4ncccc4Cc4ccccc4)c3)cccc2n1-c1ccccc1. The van der Waals surface area contributed by atoms with E-state index >= 15 is 0 Å². The minimum absolute atomic E-state index is 0.199. The average Bonchev–Trinajstić information content (AvgIpc) is 3.42. The summed E-state index contributed by atoms with van der Waals surface area (Å²) in [5.41, 5.74) is 10.1. The molecule has 0 aliphatic carbocycles. The van der Waals surface area contributed by atoms with Crippen LogP contribution in [0.15, 0.2) is 146 Å². The first-order valence-electron chi connectivity index (χ1n) is 13.7. The minimum Gasteiger partial charge on any atom is -0.507 e. The molecule has 7 rings (SSSR count). The topological polar surface area (TPSA) is 50.9 Å². The smallest absolute Gasteiger partial charge is 0.149 e. The molecule has 2 aromatic heterocycles. The number of pyridine rings is 1. The van der Waals surface area contributed by atoms with E-state index in [1.54, 1.807) is 6.07 Å². The lowest BCUT2D eigenvalue weighted by molar-refractivity contribution is 0.477. The van der Waals surface area contributed by atoms with Gasteiger partial charge in [0.05, 0.1) is 22.3 Å². The van der Waals surface area contributed by atoms with Crippen molar-refractivity contribution < 1.29 is 5.11 Å². The zero-order valence-corrected chi connectivity index (χ0v) is 22.4. The molecule has 4 nitrogen and oxygen atoms in total.